The minimum atomic E-state index is -0.791. The van der Waals surface area contributed by atoms with Crippen LogP contribution in [-0.4, -0.2) is 164 Å². The summed E-state index contributed by atoms with van der Waals surface area (Å²) in [4.78, 5) is 102. The molecule has 17 nitrogen and oxygen atoms in total. The average Bonchev–Trinajstić information content (AvgIpc) is 3.93. The summed E-state index contributed by atoms with van der Waals surface area (Å²) in [7, 11) is 6.74. The van der Waals surface area contributed by atoms with Crippen molar-refractivity contribution >= 4 is 41.2 Å². The van der Waals surface area contributed by atoms with Gasteiger partial charge in [-0.15, -0.1) is 5.06 Å². The van der Waals surface area contributed by atoms with E-state index < -0.39 is 60.0 Å². The van der Waals surface area contributed by atoms with Gasteiger partial charge in [0.15, 0.2) is 5.78 Å². The van der Waals surface area contributed by atoms with E-state index >= 15 is 0 Å². The number of hydroxylamine groups is 2. The molecule has 1 N–H and O–H groups in total. The number of amides is 4. The van der Waals surface area contributed by atoms with E-state index in [9.17, 15) is 38.7 Å². The lowest BCUT2D eigenvalue weighted by Gasteiger charge is -2.41. The van der Waals surface area contributed by atoms with E-state index in [1.807, 2.05) is 103 Å². The molecule has 390 valence electrons. The first-order chi connectivity index (χ1) is 32.7. The molecular formula is C52H84N4O13. The first kappa shape index (κ1) is 59.2. The number of carbonyl (C=O) groups excluding carboxylic acids is 7. The second kappa shape index (κ2) is 29.3. The van der Waals surface area contributed by atoms with Gasteiger partial charge in [-0.25, -0.2) is 4.79 Å². The summed E-state index contributed by atoms with van der Waals surface area (Å²) >= 11 is 0. The van der Waals surface area contributed by atoms with E-state index in [-0.39, 0.29) is 111 Å². The van der Waals surface area contributed by atoms with Crippen LogP contribution in [0.5, 0.6) is 0 Å². The summed E-state index contributed by atoms with van der Waals surface area (Å²) in [6.45, 7) is 17.3. The summed E-state index contributed by atoms with van der Waals surface area (Å²) in [5, 5.41) is 11.5. The van der Waals surface area contributed by atoms with Crippen LogP contribution >= 0.6 is 0 Å². The third-order valence-electron chi connectivity index (χ3n) is 14.1. The number of methoxy groups -OCH3 is 2. The van der Waals surface area contributed by atoms with Gasteiger partial charge in [-0.3, -0.25) is 33.7 Å². The summed E-state index contributed by atoms with van der Waals surface area (Å²) in [5.41, 5.74) is 0.756. The Balaban J connectivity index is 1.60. The molecule has 1 aromatic carbocycles. The number of rotatable bonds is 32. The Bertz CT molecular complexity index is 1800. The van der Waals surface area contributed by atoms with Crippen molar-refractivity contribution in [2.75, 3.05) is 67.8 Å². The number of imide groups is 1. The molecule has 1 aromatic rings. The SMILES string of the molecule is CCC(C)[C@@H]([C@@H](CC(=O)N1CCCC1[C@H](OC)[C@@H](C)C(=O)C[C@H](C)[C@@H](O)c1ccccc1)OC)N(C)C(=O)[C@@H](CC(=O)[C@H](C(C)C)N(C)CCOCCOCCC(=O)ON1C(=O)CCC1=O)C(C)C. The number of ether oxygens (including phenoxy) is 4. The van der Waals surface area contributed by atoms with Gasteiger partial charge in [-0.2, -0.15) is 0 Å². The van der Waals surface area contributed by atoms with Crippen molar-refractivity contribution in [3.8, 4) is 0 Å². The van der Waals surface area contributed by atoms with Crippen molar-refractivity contribution < 1.29 is 62.5 Å². The average molecular weight is 973 g/mol. The van der Waals surface area contributed by atoms with Crippen LogP contribution in [-0.2, 0) is 57.3 Å². The minimum absolute atomic E-state index is 0.0121. The quantitative estimate of drug-likeness (QED) is 0.0706. The number of Topliss-reactive ketones (excluding diaryl/α,β-unsaturated/α-hetero) is 2. The third-order valence-corrected chi connectivity index (χ3v) is 14.1. The molecule has 0 aromatic heterocycles. The Morgan fingerprint density at radius 2 is 1.41 bits per heavy atom. The van der Waals surface area contributed by atoms with Gasteiger partial charge in [-0.1, -0.05) is 92.1 Å². The number of likely N-dealkylation sites (tertiary alicyclic amines) is 1. The highest BCUT2D eigenvalue weighted by Crippen LogP contribution is 2.33. The summed E-state index contributed by atoms with van der Waals surface area (Å²) in [6.07, 6.45) is 0.257. The molecule has 2 saturated heterocycles. The van der Waals surface area contributed by atoms with Crippen molar-refractivity contribution in [1.29, 1.82) is 0 Å². The summed E-state index contributed by atoms with van der Waals surface area (Å²) in [5.74, 6) is -3.99. The highest BCUT2D eigenvalue weighted by Gasteiger charge is 2.43. The Morgan fingerprint density at radius 1 is 0.783 bits per heavy atom. The number of aliphatic hydroxyl groups is 1. The molecule has 0 spiro atoms. The van der Waals surface area contributed by atoms with Crippen molar-refractivity contribution in [3.63, 3.8) is 0 Å². The van der Waals surface area contributed by atoms with Gasteiger partial charge >= 0.3 is 5.97 Å². The van der Waals surface area contributed by atoms with E-state index in [1.165, 1.54) is 0 Å². The van der Waals surface area contributed by atoms with E-state index in [0.717, 1.165) is 12.0 Å². The van der Waals surface area contributed by atoms with Gasteiger partial charge in [0.2, 0.25) is 11.8 Å². The van der Waals surface area contributed by atoms with Gasteiger partial charge in [0, 0.05) is 71.9 Å². The fraction of sp³-hybridized carbons (Fsp3) is 0.750. The molecule has 4 amide bonds. The maximum Gasteiger partial charge on any atom is 0.335 e. The second-order valence-corrected chi connectivity index (χ2v) is 19.8. The third kappa shape index (κ3) is 17.0. The van der Waals surface area contributed by atoms with Crippen LogP contribution in [0, 0.1) is 35.5 Å². The van der Waals surface area contributed by atoms with Gasteiger partial charge in [0.25, 0.3) is 11.8 Å². The van der Waals surface area contributed by atoms with Crippen LogP contribution < -0.4 is 0 Å². The Morgan fingerprint density at radius 3 is 1.97 bits per heavy atom. The molecular weight excluding hydrogens is 889 g/mol. The van der Waals surface area contributed by atoms with Gasteiger partial charge < -0.3 is 38.7 Å². The number of aliphatic hydroxyl groups excluding tert-OH is 1. The monoisotopic (exact) mass is 973 g/mol. The van der Waals surface area contributed by atoms with Crippen molar-refractivity contribution in [2.24, 2.45) is 35.5 Å². The zero-order valence-electron chi connectivity index (χ0n) is 43.6. The first-order valence-corrected chi connectivity index (χ1v) is 25.0. The maximum absolute atomic E-state index is 14.6. The van der Waals surface area contributed by atoms with Gasteiger partial charge in [0.05, 0.1) is 75.7 Å². The predicted molar refractivity (Wildman–Crippen MR) is 259 cm³/mol. The fourth-order valence-electron chi connectivity index (χ4n) is 9.90. The topological polar surface area (TPSA) is 199 Å². The molecule has 69 heavy (non-hydrogen) atoms. The minimum Gasteiger partial charge on any atom is -0.388 e. The number of benzene rings is 1. The van der Waals surface area contributed by atoms with Crippen LogP contribution in [0.15, 0.2) is 30.3 Å². The first-order valence-electron chi connectivity index (χ1n) is 25.0. The lowest BCUT2D eigenvalue weighted by atomic mass is 9.83. The van der Waals surface area contributed by atoms with E-state index in [0.29, 0.717) is 37.6 Å². The van der Waals surface area contributed by atoms with Gasteiger partial charge in [0.1, 0.15) is 5.78 Å². The number of ketones is 2. The number of likely N-dealkylation sites (N-methyl/N-ethyl adjacent to an activating group) is 2. The molecule has 10 atom stereocenters. The number of hydrogen-bond acceptors (Lipinski definition) is 14. The van der Waals surface area contributed by atoms with Gasteiger partial charge in [-0.05, 0) is 49.1 Å². The second-order valence-electron chi connectivity index (χ2n) is 19.8. The number of hydrogen-bond donors (Lipinski definition) is 1. The Kier molecular flexibility index (Phi) is 25.1. The zero-order valence-corrected chi connectivity index (χ0v) is 43.6. The van der Waals surface area contributed by atoms with Crippen LogP contribution in [0.2, 0.25) is 0 Å². The normalized spacial score (nSPS) is 19.3. The van der Waals surface area contributed by atoms with E-state index in [1.54, 1.807) is 26.2 Å². The standard InChI is InChI=1S/C52H84N4O13/c1-13-35(6)49(43(65-11)32-46(61)55-24-17-20-40(55)51(66-12)37(8)41(57)30-36(7)50(63)38-18-15-14-16-19-38)54(10)52(64)39(33(2)3)31-42(58)48(34(4)5)53(9)25-27-68-29-28-67-26-23-47(62)69-56-44(59)21-22-45(56)60/h14-16,18-19,33-37,39-40,43,48-51,63H,13,17,20-32H2,1-12H3/t35?,36-,37-,39-,40?,43+,48-,49-,50+,51+/m0/s1. The van der Waals surface area contributed by atoms with Crippen molar-refractivity contribution in [1.82, 2.24) is 19.8 Å². The molecule has 0 radical (unpaired) electrons. The predicted octanol–water partition coefficient (Wildman–Crippen LogP) is 5.45. The molecule has 2 aliphatic rings. The molecule has 2 unspecified atom stereocenters. The number of carbonyl (C=O) groups is 7. The van der Waals surface area contributed by atoms with Crippen LogP contribution in [0.1, 0.15) is 125 Å². The van der Waals surface area contributed by atoms with Crippen molar-refractivity contribution in [3.05, 3.63) is 35.9 Å². The largest absolute Gasteiger partial charge is 0.388 e. The zero-order chi connectivity index (χ0) is 51.5. The lowest BCUT2D eigenvalue weighted by molar-refractivity contribution is -0.198. The summed E-state index contributed by atoms with van der Waals surface area (Å²) in [6, 6.07) is 8.00. The summed E-state index contributed by atoms with van der Waals surface area (Å²) < 4.78 is 23.3. The molecule has 0 saturated carbocycles. The van der Waals surface area contributed by atoms with Crippen LogP contribution in [0.25, 0.3) is 0 Å². The molecule has 2 heterocycles. The Hall–Kier alpha value is -4.13. The van der Waals surface area contributed by atoms with Crippen LogP contribution in [0.3, 0.4) is 0 Å². The van der Waals surface area contributed by atoms with E-state index in [4.69, 9.17) is 23.8 Å². The lowest BCUT2D eigenvalue weighted by Crippen LogP contribution is -2.54. The number of nitrogens with zero attached hydrogens (tertiary/aromatic N) is 4. The molecule has 0 bridgehead atoms. The van der Waals surface area contributed by atoms with Crippen molar-refractivity contribution in [2.45, 2.75) is 150 Å². The molecule has 2 fully saturated rings. The highest BCUT2D eigenvalue weighted by molar-refractivity contribution is 6.01. The van der Waals surface area contributed by atoms with E-state index in [2.05, 4.69) is 0 Å². The fourth-order valence-corrected chi connectivity index (χ4v) is 9.90. The molecule has 3 rings (SSSR count). The molecule has 0 aliphatic carbocycles. The van der Waals surface area contributed by atoms with Crippen LogP contribution in [0.4, 0.5) is 0 Å². The molecule has 17 heteroatoms. The Labute approximate surface area is 411 Å². The molecule has 2 aliphatic heterocycles. The maximum atomic E-state index is 14.6. The highest BCUT2D eigenvalue weighted by atomic mass is 16.7. The smallest absolute Gasteiger partial charge is 0.335 e.